The lowest BCUT2D eigenvalue weighted by atomic mass is 10.0. The maximum Gasteiger partial charge on any atom is 0.138 e. The van der Waals surface area contributed by atoms with Gasteiger partial charge in [0.1, 0.15) is 5.78 Å². The van der Waals surface area contributed by atoms with Gasteiger partial charge in [0.2, 0.25) is 0 Å². The number of aromatic nitrogens is 1. The zero-order chi connectivity index (χ0) is 14.5. The molecule has 0 saturated heterocycles. The van der Waals surface area contributed by atoms with Gasteiger partial charge in [-0.25, -0.2) is 0 Å². The Balaban J connectivity index is 1.92. The molecular formula is C18H29NO. The number of carbonyl (C=O) groups excluding carboxylic acids is 1. The summed E-state index contributed by atoms with van der Waals surface area (Å²) < 4.78 is 0. The van der Waals surface area contributed by atoms with Crippen LogP contribution in [0.2, 0.25) is 0 Å². The van der Waals surface area contributed by atoms with Gasteiger partial charge in [-0.1, -0.05) is 64.4 Å². The SMILES string of the molecule is CCCCCCCCCCCC(=O)Cc1ccccn1. The Morgan fingerprint density at radius 3 is 2.20 bits per heavy atom. The molecule has 112 valence electrons. The molecule has 0 aliphatic carbocycles. The Hall–Kier alpha value is -1.18. The van der Waals surface area contributed by atoms with Crippen molar-refractivity contribution in [2.24, 2.45) is 0 Å². The Labute approximate surface area is 124 Å². The van der Waals surface area contributed by atoms with Crippen LogP contribution in [-0.2, 0) is 11.2 Å². The summed E-state index contributed by atoms with van der Waals surface area (Å²) in [7, 11) is 0. The molecule has 0 aliphatic rings. The fraction of sp³-hybridized carbons (Fsp3) is 0.667. The molecule has 1 rings (SSSR count). The number of pyridine rings is 1. The number of hydrogen-bond donors (Lipinski definition) is 0. The molecule has 0 bridgehead atoms. The zero-order valence-electron chi connectivity index (χ0n) is 12.9. The van der Waals surface area contributed by atoms with Crippen LogP contribution < -0.4 is 0 Å². The van der Waals surface area contributed by atoms with E-state index in [2.05, 4.69) is 11.9 Å². The second-order valence-electron chi connectivity index (χ2n) is 5.61. The van der Waals surface area contributed by atoms with Gasteiger partial charge < -0.3 is 0 Å². The predicted molar refractivity (Wildman–Crippen MR) is 84.8 cm³/mol. The maximum absolute atomic E-state index is 11.8. The number of hydrogen-bond acceptors (Lipinski definition) is 2. The second kappa shape index (κ2) is 11.6. The summed E-state index contributed by atoms with van der Waals surface area (Å²) in [5.74, 6) is 0.326. The molecular weight excluding hydrogens is 246 g/mol. The molecule has 0 N–H and O–H groups in total. The lowest BCUT2D eigenvalue weighted by molar-refractivity contribution is -0.118. The summed E-state index contributed by atoms with van der Waals surface area (Å²) >= 11 is 0. The van der Waals surface area contributed by atoms with Crippen molar-refractivity contribution in [2.45, 2.75) is 77.6 Å². The van der Waals surface area contributed by atoms with Crippen molar-refractivity contribution in [3.63, 3.8) is 0 Å². The number of Topliss-reactive ketones (excluding diaryl/α,β-unsaturated/α-hetero) is 1. The zero-order valence-corrected chi connectivity index (χ0v) is 12.9. The average Bonchev–Trinajstić information content (AvgIpc) is 2.46. The number of carbonyl (C=O) groups is 1. The molecule has 1 aromatic rings. The van der Waals surface area contributed by atoms with Crippen molar-refractivity contribution < 1.29 is 4.79 Å². The van der Waals surface area contributed by atoms with E-state index in [1.54, 1.807) is 6.20 Å². The van der Waals surface area contributed by atoms with Crippen molar-refractivity contribution in [3.05, 3.63) is 30.1 Å². The summed E-state index contributed by atoms with van der Waals surface area (Å²) in [6.45, 7) is 2.25. The highest BCUT2D eigenvalue weighted by Gasteiger charge is 2.04. The third-order valence-electron chi connectivity index (χ3n) is 3.66. The normalized spacial score (nSPS) is 10.7. The van der Waals surface area contributed by atoms with Crippen molar-refractivity contribution in [1.82, 2.24) is 4.98 Å². The van der Waals surface area contributed by atoms with Crippen molar-refractivity contribution >= 4 is 5.78 Å². The van der Waals surface area contributed by atoms with Gasteiger partial charge in [-0.05, 0) is 18.6 Å². The molecule has 2 nitrogen and oxygen atoms in total. The Bertz CT molecular complexity index is 348. The molecule has 0 aromatic carbocycles. The highest BCUT2D eigenvalue weighted by Crippen LogP contribution is 2.11. The number of rotatable bonds is 12. The first-order valence-electron chi connectivity index (χ1n) is 8.24. The van der Waals surface area contributed by atoms with Crippen LogP contribution in [0.1, 0.15) is 76.8 Å². The first-order chi connectivity index (χ1) is 9.83. The molecule has 2 heteroatoms. The minimum Gasteiger partial charge on any atom is -0.299 e. The molecule has 20 heavy (non-hydrogen) atoms. The van der Waals surface area contributed by atoms with Gasteiger partial charge in [-0.15, -0.1) is 0 Å². The topological polar surface area (TPSA) is 30.0 Å². The lowest BCUT2D eigenvalue weighted by Crippen LogP contribution is -2.03. The fourth-order valence-electron chi connectivity index (χ4n) is 2.43. The first-order valence-corrected chi connectivity index (χ1v) is 8.24. The van der Waals surface area contributed by atoms with E-state index in [9.17, 15) is 4.79 Å². The molecule has 0 radical (unpaired) electrons. The van der Waals surface area contributed by atoms with Gasteiger partial charge in [0.25, 0.3) is 0 Å². The van der Waals surface area contributed by atoms with Gasteiger partial charge in [0.05, 0.1) is 0 Å². The van der Waals surface area contributed by atoms with Gasteiger partial charge in [0.15, 0.2) is 0 Å². The number of nitrogens with zero attached hydrogens (tertiary/aromatic N) is 1. The molecule has 0 aliphatic heterocycles. The van der Waals surface area contributed by atoms with Crippen LogP contribution in [0.5, 0.6) is 0 Å². The van der Waals surface area contributed by atoms with Gasteiger partial charge in [0, 0.05) is 24.7 Å². The van der Waals surface area contributed by atoms with Gasteiger partial charge in [-0.3, -0.25) is 9.78 Å². The largest absolute Gasteiger partial charge is 0.299 e. The molecule has 1 aromatic heterocycles. The van der Waals surface area contributed by atoms with Crippen LogP contribution in [0.4, 0.5) is 0 Å². The van der Waals surface area contributed by atoms with Crippen LogP contribution in [0.25, 0.3) is 0 Å². The highest BCUT2D eigenvalue weighted by molar-refractivity contribution is 5.80. The average molecular weight is 275 g/mol. The Morgan fingerprint density at radius 2 is 1.60 bits per heavy atom. The summed E-state index contributed by atoms with van der Waals surface area (Å²) in [6.07, 6.45) is 14.6. The molecule has 0 unspecified atom stereocenters. The third kappa shape index (κ3) is 8.84. The van der Waals surface area contributed by atoms with Crippen molar-refractivity contribution in [2.75, 3.05) is 0 Å². The third-order valence-corrected chi connectivity index (χ3v) is 3.66. The molecule has 1 heterocycles. The van der Waals surface area contributed by atoms with Crippen LogP contribution in [0.3, 0.4) is 0 Å². The molecule has 0 amide bonds. The minimum atomic E-state index is 0.326. The van der Waals surface area contributed by atoms with Gasteiger partial charge >= 0.3 is 0 Å². The summed E-state index contributed by atoms with van der Waals surface area (Å²) in [6, 6.07) is 5.75. The van der Waals surface area contributed by atoms with Crippen LogP contribution in [0, 0.1) is 0 Å². The molecule has 0 atom stereocenters. The molecule has 0 saturated carbocycles. The van der Waals surface area contributed by atoms with Crippen LogP contribution in [-0.4, -0.2) is 10.8 Å². The van der Waals surface area contributed by atoms with E-state index in [4.69, 9.17) is 0 Å². The highest BCUT2D eigenvalue weighted by atomic mass is 16.1. The number of ketones is 1. The fourth-order valence-corrected chi connectivity index (χ4v) is 2.43. The van der Waals surface area contributed by atoms with E-state index in [0.717, 1.165) is 12.1 Å². The van der Waals surface area contributed by atoms with E-state index in [1.165, 1.54) is 51.4 Å². The van der Waals surface area contributed by atoms with Crippen LogP contribution >= 0.6 is 0 Å². The van der Waals surface area contributed by atoms with E-state index < -0.39 is 0 Å². The standard InChI is InChI=1S/C18H29NO/c1-2-3-4-5-6-7-8-9-10-14-18(20)16-17-13-11-12-15-19-17/h11-13,15H,2-10,14,16H2,1H3. The van der Waals surface area contributed by atoms with E-state index in [1.807, 2.05) is 18.2 Å². The summed E-state index contributed by atoms with van der Waals surface area (Å²) in [5, 5.41) is 0. The Kier molecular flexibility index (Phi) is 9.81. The summed E-state index contributed by atoms with van der Waals surface area (Å²) in [5.41, 5.74) is 0.897. The van der Waals surface area contributed by atoms with E-state index in [-0.39, 0.29) is 0 Å². The first kappa shape index (κ1) is 16.9. The smallest absolute Gasteiger partial charge is 0.138 e. The van der Waals surface area contributed by atoms with E-state index in [0.29, 0.717) is 18.6 Å². The predicted octanol–water partition coefficient (Wildman–Crippen LogP) is 5.11. The Morgan fingerprint density at radius 1 is 0.950 bits per heavy atom. The number of unbranched alkanes of at least 4 members (excludes halogenated alkanes) is 8. The van der Waals surface area contributed by atoms with Gasteiger partial charge in [-0.2, -0.15) is 0 Å². The second-order valence-corrected chi connectivity index (χ2v) is 5.61. The maximum atomic E-state index is 11.8. The lowest BCUT2D eigenvalue weighted by Gasteiger charge is -2.02. The monoisotopic (exact) mass is 275 g/mol. The summed E-state index contributed by atoms with van der Waals surface area (Å²) in [4.78, 5) is 16.0. The van der Waals surface area contributed by atoms with E-state index >= 15 is 0 Å². The quantitative estimate of drug-likeness (QED) is 0.496. The molecule has 0 fully saturated rings. The minimum absolute atomic E-state index is 0.326. The van der Waals surface area contributed by atoms with Crippen LogP contribution in [0.15, 0.2) is 24.4 Å². The molecule has 0 spiro atoms. The van der Waals surface area contributed by atoms with Crippen molar-refractivity contribution in [3.8, 4) is 0 Å². The van der Waals surface area contributed by atoms with Crippen molar-refractivity contribution in [1.29, 1.82) is 0 Å².